The van der Waals surface area contributed by atoms with Gasteiger partial charge in [-0.2, -0.15) is 0 Å². The molecule has 2 aliphatic rings. The average Bonchev–Trinajstić information content (AvgIpc) is 3.27. The largest absolute Gasteiger partial charge is 0.495 e. The quantitative estimate of drug-likeness (QED) is 0.564. The number of hydrogen-bond acceptors (Lipinski definition) is 7. The standard InChI is InChI=1S/C26H33BN4O3/c1-17-21(27-33-25(2,3)26(4,5)34-27)7-6-8-22(17)30-24-23-19(9-11-28-24)13-18(14-29-23)15-31-12-10-20(32)16-31/h6-9,11,13-14,20,32H,10,12,15-16H2,1-5H3,(H,28,30). The topological polar surface area (TPSA) is 79.7 Å². The minimum absolute atomic E-state index is 0.218. The minimum atomic E-state index is -0.419. The maximum absolute atomic E-state index is 9.80. The number of nitrogens with zero attached hydrogens (tertiary/aromatic N) is 3. The highest BCUT2D eigenvalue weighted by atomic mass is 16.7. The van der Waals surface area contributed by atoms with Crippen LogP contribution in [0.25, 0.3) is 10.9 Å². The number of likely N-dealkylation sites (tertiary alicyclic amines) is 1. The highest BCUT2D eigenvalue weighted by Crippen LogP contribution is 2.37. The minimum Gasteiger partial charge on any atom is -0.399 e. The first-order valence-electron chi connectivity index (χ1n) is 12.0. The van der Waals surface area contributed by atoms with Crippen LogP contribution in [0.15, 0.2) is 42.7 Å². The number of fused-ring (bicyclic) bond motifs is 1. The summed E-state index contributed by atoms with van der Waals surface area (Å²) in [4.78, 5) is 11.6. The zero-order chi connectivity index (χ0) is 24.1. The van der Waals surface area contributed by atoms with Gasteiger partial charge in [0.05, 0.1) is 17.3 Å². The predicted octanol–water partition coefficient (Wildman–Crippen LogP) is 3.55. The molecular formula is C26H33BN4O3. The van der Waals surface area contributed by atoms with E-state index >= 15 is 0 Å². The highest BCUT2D eigenvalue weighted by Gasteiger charge is 2.52. The van der Waals surface area contributed by atoms with E-state index < -0.39 is 7.12 Å². The summed E-state index contributed by atoms with van der Waals surface area (Å²) >= 11 is 0. The average molecular weight is 460 g/mol. The summed E-state index contributed by atoms with van der Waals surface area (Å²) in [6.07, 6.45) is 4.34. The lowest BCUT2D eigenvalue weighted by molar-refractivity contribution is 0.00578. The fourth-order valence-electron chi connectivity index (χ4n) is 4.64. The molecule has 178 valence electrons. The first-order valence-corrected chi connectivity index (χ1v) is 12.0. The molecule has 0 amide bonds. The van der Waals surface area contributed by atoms with Gasteiger partial charge in [-0.25, -0.2) is 4.98 Å². The molecule has 0 radical (unpaired) electrons. The van der Waals surface area contributed by atoms with E-state index in [9.17, 15) is 5.11 Å². The van der Waals surface area contributed by atoms with Crippen molar-refractivity contribution in [2.24, 2.45) is 0 Å². The van der Waals surface area contributed by atoms with Crippen molar-refractivity contribution in [1.29, 1.82) is 0 Å². The molecule has 7 nitrogen and oxygen atoms in total. The van der Waals surface area contributed by atoms with E-state index in [1.807, 2.05) is 30.6 Å². The first-order chi connectivity index (χ1) is 16.1. The van der Waals surface area contributed by atoms with E-state index in [1.54, 1.807) is 0 Å². The number of rotatable bonds is 5. The van der Waals surface area contributed by atoms with Crippen molar-refractivity contribution in [2.75, 3.05) is 18.4 Å². The van der Waals surface area contributed by atoms with Crippen LogP contribution in [0.1, 0.15) is 45.2 Å². The Morgan fingerprint density at radius 2 is 1.91 bits per heavy atom. The monoisotopic (exact) mass is 460 g/mol. The summed E-state index contributed by atoms with van der Waals surface area (Å²) < 4.78 is 12.6. The number of hydrogen-bond donors (Lipinski definition) is 2. The summed E-state index contributed by atoms with van der Waals surface area (Å²) in [7, 11) is -0.419. The van der Waals surface area contributed by atoms with Crippen molar-refractivity contribution >= 4 is 35.0 Å². The van der Waals surface area contributed by atoms with Crippen LogP contribution < -0.4 is 10.8 Å². The molecule has 1 unspecified atom stereocenters. The molecule has 5 rings (SSSR count). The Morgan fingerprint density at radius 3 is 2.62 bits per heavy atom. The highest BCUT2D eigenvalue weighted by molar-refractivity contribution is 6.62. The summed E-state index contributed by atoms with van der Waals surface area (Å²) in [6, 6.07) is 10.3. The molecule has 2 aromatic heterocycles. The molecule has 0 bridgehead atoms. The molecule has 0 saturated carbocycles. The van der Waals surface area contributed by atoms with Gasteiger partial charge < -0.3 is 19.7 Å². The second-order valence-corrected chi connectivity index (χ2v) is 10.5. The second kappa shape index (κ2) is 8.61. The van der Waals surface area contributed by atoms with E-state index in [0.29, 0.717) is 0 Å². The van der Waals surface area contributed by atoms with Crippen molar-refractivity contribution in [1.82, 2.24) is 14.9 Å². The van der Waals surface area contributed by atoms with Gasteiger partial charge in [0.2, 0.25) is 0 Å². The van der Waals surface area contributed by atoms with E-state index in [0.717, 1.165) is 65.1 Å². The SMILES string of the molecule is Cc1c(Nc2nccc3cc(CN4CCC(O)C4)cnc23)cccc1B1OC(C)(C)C(C)(C)O1. The van der Waals surface area contributed by atoms with E-state index in [-0.39, 0.29) is 17.3 Å². The van der Waals surface area contributed by atoms with E-state index in [2.05, 4.69) is 62.0 Å². The van der Waals surface area contributed by atoms with Gasteiger partial charge in [0.15, 0.2) is 5.82 Å². The summed E-state index contributed by atoms with van der Waals surface area (Å²) in [5, 5.41) is 14.3. The Balaban J connectivity index is 1.40. The lowest BCUT2D eigenvalue weighted by Gasteiger charge is -2.32. The van der Waals surface area contributed by atoms with Crippen molar-refractivity contribution in [3.63, 3.8) is 0 Å². The molecule has 1 atom stereocenters. The molecule has 0 aliphatic carbocycles. The Kier molecular flexibility index (Phi) is 5.88. The number of β-amino-alcohol motifs (C(OH)–C–C–N with tert-alkyl or cyclic N) is 1. The Morgan fingerprint density at radius 1 is 1.15 bits per heavy atom. The molecule has 2 fully saturated rings. The third-order valence-electron chi connectivity index (χ3n) is 7.45. The van der Waals surface area contributed by atoms with Crippen molar-refractivity contribution in [2.45, 2.75) is 64.9 Å². The van der Waals surface area contributed by atoms with Crippen LogP contribution in [-0.2, 0) is 15.9 Å². The molecular weight excluding hydrogens is 427 g/mol. The van der Waals surface area contributed by atoms with Crippen LogP contribution in [0.5, 0.6) is 0 Å². The van der Waals surface area contributed by atoms with Gasteiger partial charge in [-0.15, -0.1) is 0 Å². The molecule has 34 heavy (non-hydrogen) atoms. The van der Waals surface area contributed by atoms with Gasteiger partial charge >= 0.3 is 7.12 Å². The van der Waals surface area contributed by atoms with Gasteiger partial charge in [-0.05, 0) is 75.8 Å². The molecule has 0 spiro atoms. The Hall–Kier alpha value is -2.52. The predicted molar refractivity (Wildman–Crippen MR) is 136 cm³/mol. The molecule has 2 aliphatic heterocycles. The molecule has 3 aromatic rings. The fraction of sp³-hybridized carbons (Fsp3) is 0.462. The number of benzene rings is 1. The summed E-state index contributed by atoms with van der Waals surface area (Å²) in [5.41, 5.74) is 4.20. The van der Waals surface area contributed by atoms with Crippen LogP contribution >= 0.6 is 0 Å². The third kappa shape index (κ3) is 4.31. The summed E-state index contributed by atoms with van der Waals surface area (Å²) in [5.74, 6) is 0.717. The second-order valence-electron chi connectivity index (χ2n) is 10.5. The van der Waals surface area contributed by atoms with Crippen LogP contribution in [-0.4, -0.2) is 57.5 Å². The van der Waals surface area contributed by atoms with Crippen molar-refractivity contribution in [3.8, 4) is 0 Å². The van der Waals surface area contributed by atoms with Crippen LogP contribution in [0, 0.1) is 6.92 Å². The fourth-order valence-corrected chi connectivity index (χ4v) is 4.64. The molecule has 2 saturated heterocycles. The van der Waals surface area contributed by atoms with Gasteiger partial charge in [-0.3, -0.25) is 9.88 Å². The molecule has 4 heterocycles. The van der Waals surface area contributed by atoms with E-state index in [4.69, 9.17) is 14.3 Å². The van der Waals surface area contributed by atoms with Crippen molar-refractivity contribution < 1.29 is 14.4 Å². The smallest absolute Gasteiger partial charge is 0.399 e. The maximum atomic E-state index is 9.80. The Labute approximate surface area is 201 Å². The zero-order valence-electron chi connectivity index (χ0n) is 20.6. The van der Waals surface area contributed by atoms with Crippen LogP contribution in [0.2, 0.25) is 0 Å². The normalized spacial score (nSPS) is 21.9. The molecule has 1 aromatic carbocycles. The number of pyridine rings is 2. The lowest BCUT2D eigenvalue weighted by atomic mass is 9.76. The van der Waals surface area contributed by atoms with Gasteiger partial charge in [0, 0.05) is 43.1 Å². The first kappa shape index (κ1) is 23.2. The van der Waals surface area contributed by atoms with Crippen LogP contribution in [0.3, 0.4) is 0 Å². The Bertz CT molecular complexity index is 1200. The van der Waals surface area contributed by atoms with Gasteiger partial charge in [-0.1, -0.05) is 12.1 Å². The number of anilines is 2. The lowest BCUT2D eigenvalue weighted by Crippen LogP contribution is -2.41. The summed E-state index contributed by atoms with van der Waals surface area (Å²) in [6.45, 7) is 12.8. The number of aliphatic hydroxyl groups is 1. The maximum Gasteiger partial charge on any atom is 0.495 e. The third-order valence-corrected chi connectivity index (χ3v) is 7.45. The van der Waals surface area contributed by atoms with Crippen molar-refractivity contribution in [3.05, 3.63) is 53.9 Å². The molecule has 8 heteroatoms. The number of aliphatic hydroxyl groups excluding tert-OH is 1. The van der Waals surface area contributed by atoms with Crippen LogP contribution in [0.4, 0.5) is 11.5 Å². The zero-order valence-corrected chi connectivity index (χ0v) is 20.6. The number of nitrogens with one attached hydrogen (secondary N) is 1. The van der Waals surface area contributed by atoms with Gasteiger partial charge in [0.25, 0.3) is 0 Å². The van der Waals surface area contributed by atoms with Gasteiger partial charge in [0.1, 0.15) is 5.52 Å². The molecule has 2 N–H and O–H groups in total. The number of aromatic nitrogens is 2. The van der Waals surface area contributed by atoms with E-state index in [1.165, 1.54) is 0 Å².